The number of hydrogen-bond acceptors (Lipinski definition) is 5. The molecule has 0 saturated carbocycles. The molecule has 0 amide bonds. The van der Waals surface area contributed by atoms with Gasteiger partial charge in [-0.2, -0.15) is 0 Å². The Kier molecular flexibility index (Phi) is 9.04. The molecule has 0 aliphatic heterocycles. The fourth-order valence-corrected chi connectivity index (χ4v) is 14.9. The van der Waals surface area contributed by atoms with Crippen LogP contribution in [0.4, 0.5) is 0 Å². The Morgan fingerprint density at radius 2 is 1.17 bits per heavy atom. The average Bonchev–Trinajstić information content (AvgIpc) is 2.27. The van der Waals surface area contributed by atoms with Gasteiger partial charge in [-0.05, 0) is 71.0 Å². The van der Waals surface area contributed by atoms with Gasteiger partial charge in [0, 0.05) is 6.08 Å². The Hall–Kier alpha value is -0.0425. The molecule has 5 nitrogen and oxygen atoms in total. The number of hydrogen-bond donors (Lipinski definition) is 0. The van der Waals surface area contributed by atoms with E-state index >= 15 is 0 Å². The minimum Gasteiger partial charge on any atom is -0.463 e. The first-order valence-electron chi connectivity index (χ1n) is 8.54. The summed E-state index contributed by atoms with van der Waals surface area (Å²) in [7, 11) is -8.91. The van der Waals surface area contributed by atoms with Crippen molar-refractivity contribution in [2.45, 2.75) is 72.3 Å². The standard InChI is InChI=1S/C15H36O5Si4/c1-11-13-17-15(16)12-14-24(18-21(2,3)4,19-22(5,6)7)20-23(8,9)10/h12,14H,11,13H2,1-10H3. The predicted octanol–water partition coefficient (Wildman–Crippen LogP) is 4.53. The molecule has 0 spiro atoms. The molecule has 0 atom stereocenters. The molecular weight excluding hydrogens is 373 g/mol. The Balaban J connectivity index is 5.70. The summed E-state index contributed by atoms with van der Waals surface area (Å²) >= 11 is 0. The summed E-state index contributed by atoms with van der Waals surface area (Å²) in [6.07, 6.45) is 2.23. The van der Waals surface area contributed by atoms with Crippen LogP contribution in [0.25, 0.3) is 0 Å². The van der Waals surface area contributed by atoms with Crippen LogP contribution in [-0.2, 0) is 21.9 Å². The lowest BCUT2D eigenvalue weighted by Crippen LogP contribution is -2.59. The zero-order valence-corrected chi connectivity index (χ0v) is 21.1. The summed E-state index contributed by atoms with van der Waals surface area (Å²) in [6.45, 7) is 21.4. The van der Waals surface area contributed by atoms with E-state index in [4.69, 9.17) is 17.1 Å². The third-order valence-electron chi connectivity index (χ3n) is 2.22. The van der Waals surface area contributed by atoms with Crippen LogP contribution in [0.5, 0.6) is 0 Å². The Morgan fingerprint density at radius 1 is 0.792 bits per heavy atom. The van der Waals surface area contributed by atoms with E-state index in [-0.39, 0.29) is 5.97 Å². The number of ether oxygens (including phenoxy) is 1. The van der Waals surface area contributed by atoms with Crippen LogP contribution in [0.3, 0.4) is 0 Å². The maximum atomic E-state index is 11.9. The van der Waals surface area contributed by atoms with Gasteiger partial charge in [0.2, 0.25) is 0 Å². The van der Waals surface area contributed by atoms with Crippen LogP contribution < -0.4 is 0 Å². The number of carbonyl (C=O) groups excluding carboxylic acids is 1. The molecule has 0 aliphatic rings. The summed E-state index contributed by atoms with van der Waals surface area (Å²) in [5.41, 5.74) is 1.74. The molecule has 0 unspecified atom stereocenters. The molecule has 0 rings (SSSR count). The van der Waals surface area contributed by atoms with Gasteiger partial charge < -0.3 is 17.1 Å². The lowest BCUT2D eigenvalue weighted by molar-refractivity contribution is -0.137. The molecule has 0 saturated heterocycles. The maximum Gasteiger partial charge on any atom is 0.498 e. The zero-order valence-electron chi connectivity index (χ0n) is 17.1. The molecule has 0 N–H and O–H groups in total. The van der Waals surface area contributed by atoms with Crippen molar-refractivity contribution in [2.24, 2.45) is 0 Å². The normalized spacial score (nSPS) is 14.2. The van der Waals surface area contributed by atoms with E-state index in [0.29, 0.717) is 6.61 Å². The average molecular weight is 409 g/mol. The highest BCUT2D eigenvalue weighted by Crippen LogP contribution is 2.26. The summed E-state index contributed by atoms with van der Waals surface area (Å²) < 4.78 is 24.5. The van der Waals surface area contributed by atoms with Gasteiger partial charge in [0.05, 0.1) is 6.61 Å². The van der Waals surface area contributed by atoms with E-state index in [9.17, 15) is 4.79 Å². The van der Waals surface area contributed by atoms with Crippen molar-refractivity contribution in [1.29, 1.82) is 0 Å². The highest BCUT2D eigenvalue weighted by molar-refractivity contribution is 6.92. The zero-order chi connectivity index (χ0) is 19.2. The Morgan fingerprint density at radius 3 is 1.46 bits per heavy atom. The topological polar surface area (TPSA) is 54.0 Å². The van der Waals surface area contributed by atoms with Crippen molar-refractivity contribution >= 4 is 39.7 Å². The van der Waals surface area contributed by atoms with Gasteiger partial charge in [0.1, 0.15) is 0 Å². The summed E-state index contributed by atoms with van der Waals surface area (Å²) in [5, 5.41) is 0. The van der Waals surface area contributed by atoms with E-state index in [1.165, 1.54) is 6.08 Å². The van der Waals surface area contributed by atoms with Crippen molar-refractivity contribution in [3.8, 4) is 0 Å². The second-order valence-corrected chi connectivity index (χ2v) is 25.4. The van der Waals surface area contributed by atoms with Crippen LogP contribution in [0.15, 0.2) is 11.8 Å². The van der Waals surface area contributed by atoms with Crippen molar-refractivity contribution in [3.63, 3.8) is 0 Å². The lowest BCUT2D eigenvalue weighted by atomic mass is 10.5. The molecule has 0 aliphatic carbocycles. The number of esters is 1. The Labute approximate surface area is 152 Å². The minimum absolute atomic E-state index is 0.369. The van der Waals surface area contributed by atoms with Gasteiger partial charge in [-0.15, -0.1) is 0 Å². The van der Waals surface area contributed by atoms with Crippen LogP contribution in [0.2, 0.25) is 58.9 Å². The molecule has 0 fully saturated rings. The molecule has 0 aromatic heterocycles. The third kappa shape index (κ3) is 12.3. The SMILES string of the molecule is CCCOC(=O)C=C[Si](O[Si](C)(C)C)(O[Si](C)(C)C)O[Si](C)(C)C. The molecule has 9 heteroatoms. The van der Waals surface area contributed by atoms with Crippen molar-refractivity contribution in [3.05, 3.63) is 11.8 Å². The molecule has 0 aromatic carbocycles. The minimum atomic E-state index is -3.10. The Bertz CT molecular complexity index is 392. The molecule has 0 heterocycles. The highest BCUT2D eigenvalue weighted by Gasteiger charge is 2.48. The summed E-state index contributed by atoms with van der Waals surface area (Å²) in [4.78, 5) is 11.9. The van der Waals surface area contributed by atoms with E-state index in [1.807, 2.05) is 6.92 Å². The van der Waals surface area contributed by atoms with Crippen LogP contribution in [-0.4, -0.2) is 46.3 Å². The van der Waals surface area contributed by atoms with Crippen LogP contribution in [0.1, 0.15) is 13.3 Å². The van der Waals surface area contributed by atoms with Gasteiger partial charge in [-0.1, -0.05) is 6.92 Å². The molecule has 0 radical (unpaired) electrons. The first-order valence-corrected chi connectivity index (χ1v) is 20.6. The fourth-order valence-electron chi connectivity index (χ4n) is 1.87. The highest BCUT2D eigenvalue weighted by atomic mass is 28.5. The van der Waals surface area contributed by atoms with Crippen molar-refractivity contribution in [2.75, 3.05) is 6.61 Å². The second kappa shape index (κ2) is 9.06. The van der Waals surface area contributed by atoms with E-state index in [1.54, 1.807) is 5.70 Å². The van der Waals surface area contributed by atoms with Crippen molar-refractivity contribution in [1.82, 2.24) is 0 Å². The van der Waals surface area contributed by atoms with Crippen molar-refractivity contribution < 1.29 is 21.9 Å². The number of rotatable bonds is 10. The molecule has 0 aromatic rings. The monoisotopic (exact) mass is 408 g/mol. The summed E-state index contributed by atoms with van der Waals surface area (Å²) in [6, 6.07) is 0. The van der Waals surface area contributed by atoms with E-state index in [0.717, 1.165) is 6.42 Å². The lowest BCUT2D eigenvalue weighted by Gasteiger charge is -2.41. The van der Waals surface area contributed by atoms with Crippen LogP contribution in [0, 0.1) is 0 Å². The third-order valence-corrected chi connectivity index (χ3v) is 13.6. The molecule has 142 valence electrons. The molecule has 0 bridgehead atoms. The van der Waals surface area contributed by atoms with Gasteiger partial charge in [0.15, 0.2) is 25.0 Å². The first kappa shape index (κ1) is 24.0. The quantitative estimate of drug-likeness (QED) is 0.302. The predicted molar refractivity (Wildman–Crippen MR) is 109 cm³/mol. The van der Waals surface area contributed by atoms with Gasteiger partial charge >= 0.3 is 14.8 Å². The van der Waals surface area contributed by atoms with Crippen LogP contribution >= 0.6 is 0 Å². The van der Waals surface area contributed by atoms with Gasteiger partial charge in [-0.25, -0.2) is 4.79 Å². The van der Waals surface area contributed by atoms with Gasteiger partial charge in [-0.3, -0.25) is 0 Å². The second-order valence-electron chi connectivity index (χ2n) is 8.75. The van der Waals surface area contributed by atoms with E-state index in [2.05, 4.69) is 58.9 Å². The molecular formula is C15H36O5Si4. The first-order chi connectivity index (χ1) is 10.6. The maximum absolute atomic E-state index is 11.9. The number of carbonyl (C=O) groups is 1. The fraction of sp³-hybridized carbons (Fsp3) is 0.800. The largest absolute Gasteiger partial charge is 0.498 e. The molecule has 24 heavy (non-hydrogen) atoms. The van der Waals surface area contributed by atoms with E-state index < -0.39 is 33.8 Å². The van der Waals surface area contributed by atoms with Gasteiger partial charge in [0.25, 0.3) is 0 Å². The summed E-state index contributed by atoms with van der Waals surface area (Å²) in [5.74, 6) is -0.369. The smallest absolute Gasteiger partial charge is 0.463 e.